The molecule has 0 saturated heterocycles. The van der Waals surface area contributed by atoms with Gasteiger partial charge in [0.15, 0.2) is 0 Å². The Bertz CT molecular complexity index is 519. The number of aryl methyl sites for hydroxylation is 2. The third kappa shape index (κ3) is 2.44. The predicted octanol–water partition coefficient (Wildman–Crippen LogP) is 3.56. The first-order chi connectivity index (χ1) is 8.09. The minimum atomic E-state index is 0.120. The van der Waals surface area contributed by atoms with E-state index in [1.165, 1.54) is 0 Å². The van der Waals surface area contributed by atoms with Crippen LogP contribution in [-0.2, 0) is 7.05 Å². The Morgan fingerprint density at radius 1 is 1.41 bits per heavy atom. The van der Waals surface area contributed by atoms with Gasteiger partial charge in [-0.2, -0.15) is 0 Å². The molecule has 1 atom stereocenters. The minimum absolute atomic E-state index is 0.120. The molecular weight excluding hydrogens is 234 g/mol. The van der Waals surface area contributed by atoms with Crippen molar-refractivity contribution >= 4 is 17.3 Å². The molecule has 1 heterocycles. The molecule has 0 spiro atoms. The summed E-state index contributed by atoms with van der Waals surface area (Å²) >= 11 is 6.25. The van der Waals surface area contributed by atoms with E-state index < -0.39 is 0 Å². The molecule has 0 aliphatic heterocycles. The van der Waals surface area contributed by atoms with Crippen LogP contribution < -0.4 is 5.32 Å². The average molecular weight is 250 g/mol. The van der Waals surface area contributed by atoms with Crippen LogP contribution >= 0.6 is 11.6 Å². The quantitative estimate of drug-likeness (QED) is 0.902. The standard InChI is InChI=1S/C13H16ClN3/c1-9-5-4-6-11(12(9)14)16-10(2)13-15-7-8-17(13)3/h4-8,10,16H,1-3H3. The molecule has 4 heteroatoms. The van der Waals surface area contributed by atoms with Crippen LogP contribution in [0.25, 0.3) is 0 Å². The maximum absolute atomic E-state index is 6.25. The molecule has 0 saturated carbocycles. The van der Waals surface area contributed by atoms with Gasteiger partial charge in [-0.3, -0.25) is 0 Å². The zero-order chi connectivity index (χ0) is 12.4. The van der Waals surface area contributed by atoms with Crippen LogP contribution in [0.4, 0.5) is 5.69 Å². The summed E-state index contributed by atoms with van der Waals surface area (Å²) in [4.78, 5) is 4.32. The third-order valence-corrected chi connectivity index (χ3v) is 3.31. The summed E-state index contributed by atoms with van der Waals surface area (Å²) < 4.78 is 2.00. The average Bonchev–Trinajstić information content (AvgIpc) is 2.71. The first-order valence-corrected chi connectivity index (χ1v) is 5.96. The molecule has 0 radical (unpaired) electrons. The van der Waals surface area contributed by atoms with Gasteiger partial charge in [-0.25, -0.2) is 4.98 Å². The second-order valence-electron chi connectivity index (χ2n) is 4.20. The number of nitrogens with one attached hydrogen (secondary N) is 1. The number of halogens is 1. The highest BCUT2D eigenvalue weighted by Gasteiger charge is 2.11. The molecule has 1 aromatic heterocycles. The Kier molecular flexibility index (Phi) is 3.38. The van der Waals surface area contributed by atoms with Crippen molar-refractivity contribution in [2.45, 2.75) is 19.9 Å². The summed E-state index contributed by atoms with van der Waals surface area (Å²) in [5, 5.41) is 4.15. The number of aromatic nitrogens is 2. The van der Waals surface area contributed by atoms with Crippen molar-refractivity contribution in [3.8, 4) is 0 Å². The molecule has 1 unspecified atom stereocenters. The Balaban J connectivity index is 2.22. The molecule has 0 aliphatic rings. The third-order valence-electron chi connectivity index (χ3n) is 2.81. The van der Waals surface area contributed by atoms with Gasteiger partial charge >= 0.3 is 0 Å². The lowest BCUT2D eigenvalue weighted by molar-refractivity contribution is 0.721. The zero-order valence-corrected chi connectivity index (χ0v) is 11.0. The molecule has 0 bridgehead atoms. The SMILES string of the molecule is Cc1cccc(NC(C)c2nccn2C)c1Cl. The van der Waals surface area contributed by atoms with E-state index in [2.05, 4.69) is 17.2 Å². The number of nitrogens with zero attached hydrogens (tertiary/aromatic N) is 2. The molecule has 2 aromatic rings. The summed E-state index contributed by atoms with van der Waals surface area (Å²) in [5.41, 5.74) is 2.02. The second kappa shape index (κ2) is 4.80. The van der Waals surface area contributed by atoms with E-state index in [1.54, 1.807) is 6.20 Å². The Hall–Kier alpha value is -1.48. The fourth-order valence-electron chi connectivity index (χ4n) is 1.85. The van der Waals surface area contributed by atoms with Gasteiger partial charge in [-0.05, 0) is 25.5 Å². The van der Waals surface area contributed by atoms with Gasteiger partial charge in [0.2, 0.25) is 0 Å². The van der Waals surface area contributed by atoms with Crippen molar-refractivity contribution in [2.24, 2.45) is 7.05 Å². The molecule has 0 aliphatic carbocycles. The normalized spacial score (nSPS) is 12.5. The van der Waals surface area contributed by atoms with Gasteiger partial charge < -0.3 is 9.88 Å². The van der Waals surface area contributed by atoms with Crippen LogP contribution in [0.1, 0.15) is 24.4 Å². The van der Waals surface area contributed by atoms with Crippen LogP contribution in [0, 0.1) is 6.92 Å². The maximum atomic E-state index is 6.25. The fraction of sp³-hybridized carbons (Fsp3) is 0.308. The van der Waals surface area contributed by atoms with Crippen molar-refractivity contribution in [1.82, 2.24) is 9.55 Å². The lowest BCUT2D eigenvalue weighted by Gasteiger charge is -2.16. The van der Waals surface area contributed by atoms with Crippen LogP contribution in [0.2, 0.25) is 5.02 Å². The highest BCUT2D eigenvalue weighted by molar-refractivity contribution is 6.34. The monoisotopic (exact) mass is 249 g/mol. The van der Waals surface area contributed by atoms with Crippen molar-refractivity contribution < 1.29 is 0 Å². The van der Waals surface area contributed by atoms with Gasteiger partial charge in [-0.1, -0.05) is 23.7 Å². The number of imidazole rings is 1. The van der Waals surface area contributed by atoms with Crippen molar-refractivity contribution in [2.75, 3.05) is 5.32 Å². The van der Waals surface area contributed by atoms with E-state index >= 15 is 0 Å². The molecule has 0 amide bonds. The largest absolute Gasteiger partial charge is 0.374 e. The van der Waals surface area contributed by atoms with Gasteiger partial charge in [-0.15, -0.1) is 0 Å². The number of benzene rings is 1. The summed E-state index contributed by atoms with van der Waals surface area (Å²) in [6.45, 7) is 4.07. The van der Waals surface area contributed by atoms with Crippen molar-refractivity contribution in [3.05, 3.63) is 47.0 Å². The van der Waals surface area contributed by atoms with E-state index in [-0.39, 0.29) is 6.04 Å². The van der Waals surface area contributed by atoms with E-state index in [9.17, 15) is 0 Å². The van der Waals surface area contributed by atoms with Crippen molar-refractivity contribution in [3.63, 3.8) is 0 Å². The Morgan fingerprint density at radius 3 is 2.82 bits per heavy atom. The zero-order valence-electron chi connectivity index (χ0n) is 10.2. The van der Waals surface area contributed by atoms with Gasteiger partial charge in [0.1, 0.15) is 5.82 Å². The first-order valence-electron chi connectivity index (χ1n) is 5.58. The maximum Gasteiger partial charge on any atom is 0.130 e. The predicted molar refractivity (Wildman–Crippen MR) is 71.4 cm³/mol. The second-order valence-corrected chi connectivity index (χ2v) is 4.58. The van der Waals surface area contributed by atoms with E-state index in [1.807, 2.05) is 42.9 Å². The summed E-state index contributed by atoms with van der Waals surface area (Å²) in [7, 11) is 1.98. The summed E-state index contributed by atoms with van der Waals surface area (Å²) in [5.74, 6) is 0.988. The number of hydrogen-bond acceptors (Lipinski definition) is 2. The molecule has 0 fully saturated rings. The summed E-state index contributed by atoms with van der Waals surface area (Å²) in [6, 6.07) is 6.09. The Morgan fingerprint density at radius 2 is 2.18 bits per heavy atom. The minimum Gasteiger partial charge on any atom is -0.374 e. The van der Waals surface area contributed by atoms with Crippen LogP contribution in [0.3, 0.4) is 0 Å². The molecule has 1 N–H and O–H groups in total. The lowest BCUT2D eigenvalue weighted by atomic mass is 10.2. The number of hydrogen-bond donors (Lipinski definition) is 1. The van der Waals surface area contributed by atoms with E-state index in [4.69, 9.17) is 11.6 Å². The van der Waals surface area contributed by atoms with Crippen LogP contribution in [0.15, 0.2) is 30.6 Å². The molecule has 1 aromatic carbocycles. The molecule has 2 rings (SSSR count). The first kappa shape index (κ1) is 12.0. The molecule has 17 heavy (non-hydrogen) atoms. The van der Waals surface area contributed by atoms with Crippen LogP contribution in [0.5, 0.6) is 0 Å². The highest BCUT2D eigenvalue weighted by atomic mass is 35.5. The van der Waals surface area contributed by atoms with E-state index in [0.717, 1.165) is 22.1 Å². The summed E-state index contributed by atoms with van der Waals surface area (Å²) in [6.07, 6.45) is 3.73. The van der Waals surface area contributed by atoms with Crippen LogP contribution in [-0.4, -0.2) is 9.55 Å². The smallest absolute Gasteiger partial charge is 0.130 e. The van der Waals surface area contributed by atoms with Gasteiger partial charge in [0.05, 0.1) is 16.8 Å². The lowest BCUT2D eigenvalue weighted by Crippen LogP contribution is -2.12. The number of rotatable bonds is 3. The van der Waals surface area contributed by atoms with Gasteiger partial charge in [0.25, 0.3) is 0 Å². The van der Waals surface area contributed by atoms with Gasteiger partial charge in [0, 0.05) is 19.4 Å². The molecular formula is C13H16ClN3. The Labute approximate surface area is 106 Å². The number of anilines is 1. The van der Waals surface area contributed by atoms with E-state index in [0.29, 0.717) is 0 Å². The highest BCUT2D eigenvalue weighted by Crippen LogP contribution is 2.28. The topological polar surface area (TPSA) is 29.9 Å². The molecule has 90 valence electrons. The van der Waals surface area contributed by atoms with Crippen molar-refractivity contribution in [1.29, 1.82) is 0 Å². The fourth-order valence-corrected chi connectivity index (χ4v) is 2.03. The molecule has 3 nitrogen and oxygen atoms in total.